The van der Waals surface area contributed by atoms with Gasteiger partial charge in [0, 0.05) is 31.8 Å². The van der Waals surface area contributed by atoms with Crippen LogP contribution in [0.15, 0.2) is 24.8 Å². The zero-order chi connectivity index (χ0) is 11.4. The molecule has 5 nitrogen and oxygen atoms in total. The predicted octanol–water partition coefficient (Wildman–Crippen LogP) is 1.38. The summed E-state index contributed by atoms with van der Waals surface area (Å²) in [6.45, 7) is 2.89. The third kappa shape index (κ3) is 2.30. The van der Waals surface area contributed by atoms with Gasteiger partial charge in [-0.2, -0.15) is 0 Å². The van der Waals surface area contributed by atoms with Crippen LogP contribution in [-0.2, 0) is 13.6 Å². The molecule has 0 spiro atoms. The monoisotopic (exact) mass is 219 g/mol. The number of imidazole rings is 2. The van der Waals surface area contributed by atoms with Gasteiger partial charge < -0.3 is 14.9 Å². The maximum absolute atomic E-state index is 4.27. The highest BCUT2D eigenvalue weighted by atomic mass is 15.1. The van der Waals surface area contributed by atoms with Crippen LogP contribution in [0.2, 0.25) is 0 Å². The minimum atomic E-state index is 0.256. The molecule has 0 amide bonds. The van der Waals surface area contributed by atoms with Crippen LogP contribution in [0.25, 0.3) is 0 Å². The second-order valence-electron chi connectivity index (χ2n) is 3.77. The molecule has 2 aromatic rings. The van der Waals surface area contributed by atoms with Gasteiger partial charge in [0.2, 0.25) is 0 Å². The minimum absolute atomic E-state index is 0.256. The molecular formula is C11H17N5. The smallest absolute Gasteiger partial charge is 0.123 e. The van der Waals surface area contributed by atoms with E-state index in [2.05, 4.69) is 27.2 Å². The number of aromatic amines is 1. The van der Waals surface area contributed by atoms with Gasteiger partial charge in [-0.15, -0.1) is 0 Å². The average Bonchev–Trinajstić information content (AvgIpc) is 2.92. The van der Waals surface area contributed by atoms with E-state index < -0.39 is 0 Å². The molecule has 2 aromatic heterocycles. The van der Waals surface area contributed by atoms with Crippen molar-refractivity contribution in [3.05, 3.63) is 36.4 Å². The molecule has 86 valence electrons. The quantitative estimate of drug-likeness (QED) is 0.798. The summed E-state index contributed by atoms with van der Waals surface area (Å²) in [5.41, 5.74) is 0. The number of hydrogen-bond donors (Lipinski definition) is 2. The highest BCUT2D eigenvalue weighted by molar-refractivity contribution is 4.97. The number of aryl methyl sites for hydroxylation is 1. The molecule has 1 atom stereocenters. The first kappa shape index (κ1) is 10.9. The molecule has 0 aliphatic rings. The summed E-state index contributed by atoms with van der Waals surface area (Å²) in [6, 6.07) is 0.256. The van der Waals surface area contributed by atoms with Crippen molar-refractivity contribution < 1.29 is 0 Å². The summed E-state index contributed by atoms with van der Waals surface area (Å²) in [4.78, 5) is 11.7. The third-order valence-electron chi connectivity index (χ3n) is 2.69. The first-order valence-electron chi connectivity index (χ1n) is 5.50. The number of aromatic nitrogens is 4. The molecule has 0 saturated heterocycles. The molecule has 2 rings (SSSR count). The largest absolute Gasteiger partial charge is 0.347 e. The molecule has 2 N–H and O–H groups in total. The van der Waals surface area contributed by atoms with Crippen LogP contribution in [0.3, 0.4) is 0 Å². The number of rotatable bonds is 5. The summed E-state index contributed by atoms with van der Waals surface area (Å²) in [5.74, 6) is 2.02. The fourth-order valence-corrected chi connectivity index (χ4v) is 1.68. The van der Waals surface area contributed by atoms with Gasteiger partial charge in [0.15, 0.2) is 0 Å². The predicted molar refractivity (Wildman–Crippen MR) is 61.7 cm³/mol. The first-order chi connectivity index (χ1) is 7.81. The van der Waals surface area contributed by atoms with Crippen molar-refractivity contribution in [2.75, 3.05) is 0 Å². The van der Waals surface area contributed by atoms with Gasteiger partial charge in [0.25, 0.3) is 0 Å². The van der Waals surface area contributed by atoms with Gasteiger partial charge in [0.05, 0.1) is 12.6 Å². The van der Waals surface area contributed by atoms with Crippen LogP contribution in [0.4, 0.5) is 0 Å². The van der Waals surface area contributed by atoms with Crippen molar-refractivity contribution in [1.29, 1.82) is 0 Å². The van der Waals surface area contributed by atoms with E-state index in [0.29, 0.717) is 0 Å². The van der Waals surface area contributed by atoms with Crippen LogP contribution in [0.1, 0.15) is 31.0 Å². The Hall–Kier alpha value is -1.62. The number of nitrogens with one attached hydrogen (secondary N) is 2. The van der Waals surface area contributed by atoms with E-state index in [4.69, 9.17) is 0 Å². The Kier molecular flexibility index (Phi) is 3.36. The molecule has 0 saturated carbocycles. The van der Waals surface area contributed by atoms with E-state index >= 15 is 0 Å². The van der Waals surface area contributed by atoms with E-state index in [1.54, 1.807) is 6.20 Å². The molecule has 0 aromatic carbocycles. The Labute approximate surface area is 94.9 Å². The van der Waals surface area contributed by atoms with Crippen molar-refractivity contribution in [3.63, 3.8) is 0 Å². The summed E-state index contributed by atoms with van der Waals surface area (Å²) in [6.07, 6.45) is 8.38. The lowest BCUT2D eigenvalue weighted by Gasteiger charge is -2.14. The molecule has 1 unspecified atom stereocenters. The second kappa shape index (κ2) is 4.94. The summed E-state index contributed by atoms with van der Waals surface area (Å²) >= 11 is 0. The van der Waals surface area contributed by atoms with Gasteiger partial charge in [-0.25, -0.2) is 9.97 Å². The van der Waals surface area contributed by atoms with E-state index in [1.165, 1.54) is 0 Å². The lowest BCUT2D eigenvalue weighted by atomic mass is 10.2. The third-order valence-corrected chi connectivity index (χ3v) is 2.69. The van der Waals surface area contributed by atoms with Gasteiger partial charge in [-0.3, -0.25) is 0 Å². The molecule has 5 heteroatoms. The lowest BCUT2D eigenvalue weighted by Crippen LogP contribution is -2.23. The molecule has 0 bridgehead atoms. The molecule has 2 heterocycles. The fraction of sp³-hybridized carbons (Fsp3) is 0.455. The van der Waals surface area contributed by atoms with Gasteiger partial charge in [-0.05, 0) is 6.42 Å². The summed E-state index contributed by atoms with van der Waals surface area (Å²) in [5, 5.41) is 3.44. The normalized spacial score (nSPS) is 12.9. The zero-order valence-corrected chi connectivity index (χ0v) is 9.64. The van der Waals surface area contributed by atoms with Crippen molar-refractivity contribution in [3.8, 4) is 0 Å². The fourth-order valence-electron chi connectivity index (χ4n) is 1.68. The Bertz CT molecular complexity index is 417. The SMILES string of the molecule is CCC(NCc1nccn1C)c1ncc[nH]1. The Morgan fingerprint density at radius 2 is 2.31 bits per heavy atom. The summed E-state index contributed by atoms with van der Waals surface area (Å²) < 4.78 is 2.02. The minimum Gasteiger partial charge on any atom is -0.347 e. The number of hydrogen-bond acceptors (Lipinski definition) is 3. The standard InChI is InChI=1S/C11H17N5/c1-3-9(11-13-4-5-14-11)15-8-10-12-6-7-16(10)2/h4-7,9,15H,3,8H2,1-2H3,(H,13,14). The zero-order valence-electron chi connectivity index (χ0n) is 9.64. The van der Waals surface area contributed by atoms with Gasteiger partial charge in [0.1, 0.15) is 11.6 Å². The van der Waals surface area contributed by atoms with E-state index in [0.717, 1.165) is 24.6 Å². The highest BCUT2D eigenvalue weighted by Gasteiger charge is 2.11. The molecular weight excluding hydrogens is 202 g/mol. The van der Waals surface area contributed by atoms with Crippen molar-refractivity contribution in [1.82, 2.24) is 24.8 Å². The van der Waals surface area contributed by atoms with Crippen LogP contribution >= 0.6 is 0 Å². The summed E-state index contributed by atoms with van der Waals surface area (Å²) in [7, 11) is 2.00. The van der Waals surface area contributed by atoms with Crippen molar-refractivity contribution in [2.45, 2.75) is 25.9 Å². The molecule has 0 fully saturated rings. The molecule has 0 aliphatic carbocycles. The second-order valence-corrected chi connectivity index (χ2v) is 3.77. The molecule has 16 heavy (non-hydrogen) atoms. The lowest BCUT2D eigenvalue weighted by molar-refractivity contribution is 0.483. The van der Waals surface area contributed by atoms with Crippen LogP contribution in [0, 0.1) is 0 Å². The Balaban J connectivity index is 1.96. The average molecular weight is 219 g/mol. The van der Waals surface area contributed by atoms with Crippen LogP contribution < -0.4 is 5.32 Å². The topological polar surface area (TPSA) is 58.5 Å². The maximum Gasteiger partial charge on any atom is 0.123 e. The number of nitrogens with zero attached hydrogens (tertiary/aromatic N) is 3. The first-order valence-corrected chi connectivity index (χ1v) is 5.50. The van der Waals surface area contributed by atoms with Gasteiger partial charge >= 0.3 is 0 Å². The Morgan fingerprint density at radius 1 is 1.44 bits per heavy atom. The van der Waals surface area contributed by atoms with Crippen molar-refractivity contribution >= 4 is 0 Å². The maximum atomic E-state index is 4.27. The van der Waals surface area contributed by atoms with E-state index in [-0.39, 0.29) is 6.04 Å². The van der Waals surface area contributed by atoms with Crippen LogP contribution in [-0.4, -0.2) is 19.5 Å². The van der Waals surface area contributed by atoms with Crippen molar-refractivity contribution in [2.24, 2.45) is 7.05 Å². The van der Waals surface area contributed by atoms with Crippen LogP contribution in [0.5, 0.6) is 0 Å². The molecule has 0 radical (unpaired) electrons. The molecule has 0 aliphatic heterocycles. The highest BCUT2D eigenvalue weighted by Crippen LogP contribution is 2.11. The van der Waals surface area contributed by atoms with E-state index in [1.807, 2.05) is 30.2 Å². The Morgan fingerprint density at radius 3 is 2.88 bits per heavy atom. The van der Waals surface area contributed by atoms with Gasteiger partial charge in [-0.1, -0.05) is 6.92 Å². The van der Waals surface area contributed by atoms with E-state index in [9.17, 15) is 0 Å². The number of H-pyrrole nitrogens is 1.